The first-order chi connectivity index (χ1) is 15.6. The molecule has 2 atom stereocenters. The van der Waals surface area contributed by atoms with Crippen LogP contribution in [0.1, 0.15) is 43.5 Å². The molecule has 32 heavy (non-hydrogen) atoms. The van der Waals surface area contributed by atoms with Gasteiger partial charge in [0.1, 0.15) is 29.3 Å². The molecule has 0 radical (unpaired) electrons. The minimum absolute atomic E-state index is 0.0344. The number of hydrogen-bond acceptors (Lipinski definition) is 9. The molecule has 1 aliphatic carbocycles. The van der Waals surface area contributed by atoms with Crippen LogP contribution in [0.25, 0.3) is 11.3 Å². The van der Waals surface area contributed by atoms with Crippen LogP contribution in [0.3, 0.4) is 0 Å². The largest absolute Gasteiger partial charge is 0.489 e. The molecule has 1 aliphatic rings. The highest BCUT2D eigenvalue weighted by Gasteiger charge is 2.24. The van der Waals surface area contributed by atoms with Crippen LogP contribution >= 0.6 is 0 Å². The van der Waals surface area contributed by atoms with Crippen molar-refractivity contribution < 1.29 is 9.47 Å². The van der Waals surface area contributed by atoms with E-state index in [-0.39, 0.29) is 17.8 Å². The van der Waals surface area contributed by atoms with Crippen LogP contribution in [0.5, 0.6) is 11.6 Å². The SMILES string of the molecule is COc1nc(C)cc(O[C@H]2CCCC[C@@H](N)C2)c1-c1cc(Nc2cnc(C#N)cn2)n[nH]1. The first-order valence-corrected chi connectivity index (χ1v) is 10.6. The summed E-state index contributed by atoms with van der Waals surface area (Å²) in [6.07, 6.45) is 7.93. The number of pyridine rings is 1. The summed E-state index contributed by atoms with van der Waals surface area (Å²) in [6, 6.07) is 5.82. The van der Waals surface area contributed by atoms with Crippen LogP contribution in [-0.4, -0.2) is 44.4 Å². The Balaban J connectivity index is 1.62. The number of aryl methyl sites for hydroxylation is 1. The lowest BCUT2D eigenvalue weighted by Crippen LogP contribution is -2.27. The molecule has 3 heterocycles. The Morgan fingerprint density at radius 3 is 2.78 bits per heavy atom. The highest BCUT2D eigenvalue weighted by atomic mass is 16.5. The quantitative estimate of drug-likeness (QED) is 0.497. The zero-order valence-electron chi connectivity index (χ0n) is 18.1. The van der Waals surface area contributed by atoms with Crippen LogP contribution in [0.4, 0.5) is 11.6 Å². The predicted molar refractivity (Wildman–Crippen MR) is 119 cm³/mol. The first-order valence-electron chi connectivity index (χ1n) is 10.6. The molecule has 1 fully saturated rings. The number of aromatic nitrogens is 5. The maximum absolute atomic E-state index is 8.86. The van der Waals surface area contributed by atoms with Gasteiger partial charge in [0.15, 0.2) is 11.5 Å². The van der Waals surface area contributed by atoms with Crippen molar-refractivity contribution in [3.63, 3.8) is 0 Å². The van der Waals surface area contributed by atoms with Crippen LogP contribution in [0.2, 0.25) is 0 Å². The van der Waals surface area contributed by atoms with E-state index < -0.39 is 0 Å². The number of nitrogens with two attached hydrogens (primary N) is 1. The standard InChI is InChI=1S/C22H26N8O2/c1-13-7-18(32-16-6-4-3-5-14(24)8-16)21(22(27-13)31-2)17-9-19(30-29-17)28-20-12-25-15(10-23)11-26-20/h7,9,11-12,14,16H,3-6,8,24H2,1-2H3,(H2,26,28,29,30)/t14-,16+/m1/s1. The molecular formula is C22H26N8O2. The Bertz CT molecular complexity index is 1110. The van der Waals surface area contributed by atoms with Gasteiger partial charge in [-0.2, -0.15) is 10.4 Å². The normalized spacial score (nSPS) is 18.4. The summed E-state index contributed by atoms with van der Waals surface area (Å²) in [5.74, 6) is 2.14. The lowest BCUT2D eigenvalue weighted by atomic mass is 10.1. The first kappa shape index (κ1) is 21.5. The average molecular weight is 435 g/mol. The Labute approximate surface area is 186 Å². The van der Waals surface area contributed by atoms with Crippen molar-refractivity contribution in [3.05, 3.63) is 35.9 Å². The van der Waals surface area contributed by atoms with Gasteiger partial charge in [0.25, 0.3) is 0 Å². The Hall–Kier alpha value is -3.71. The maximum Gasteiger partial charge on any atom is 0.226 e. The summed E-state index contributed by atoms with van der Waals surface area (Å²) < 4.78 is 12.0. The molecule has 4 N–H and O–H groups in total. The smallest absolute Gasteiger partial charge is 0.226 e. The van der Waals surface area contributed by atoms with Gasteiger partial charge in [-0.3, -0.25) is 5.10 Å². The summed E-state index contributed by atoms with van der Waals surface area (Å²) in [7, 11) is 1.58. The predicted octanol–water partition coefficient (Wildman–Crippen LogP) is 3.23. The van der Waals surface area contributed by atoms with E-state index in [1.54, 1.807) is 7.11 Å². The van der Waals surface area contributed by atoms with E-state index in [4.69, 9.17) is 20.5 Å². The van der Waals surface area contributed by atoms with Gasteiger partial charge in [0.05, 0.1) is 25.2 Å². The van der Waals surface area contributed by atoms with Crippen molar-refractivity contribution in [2.24, 2.45) is 5.73 Å². The van der Waals surface area contributed by atoms with Crippen molar-refractivity contribution in [2.45, 2.75) is 51.2 Å². The van der Waals surface area contributed by atoms with E-state index in [0.717, 1.165) is 37.8 Å². The minimum Gasteiger partial charge on any atom is -0.489 e. The Morgan fingerprint density at radius 1 is 1.19 bits per heavy atom. The highest BCUT2D eigenvalue weighted by Crippen LogP contribution is 2.39. The number of ether oxygens (including phenoxy) is 2. The second kappa shape index (κ2) is 9.62. The second-order valence-electron chi connectivity index (χ2n) is 7.86. The number of H-pyrrole nitrogens is 1. The van der Waals surface area contributed by atoms with Crippen LogP contribution in [0, 0.1) is 18.3 Å². The van der Waals surface area contributed by atoms with Gasteiger partial charge >= 0.3 is 0 Å². The monoisotopic (exact) mass is 434 g/mol. The average Bonchev–Trinajstić information content (AvgIpc) is 3.14. The second-order valence-corrected chi connectivity index (χ2v) is 7.86. The Morgan fingerprint density at radius 2 is 2.03 bits per heavy atom. The molecule has 0 aromatic carbocycles. The molecule has 0 saturated heterocycles. The number of anilines is 2. The van der Waals surface area contributed by atoms with Gasteiger partial charge < -0.3 is 20.5 Å². The molecular weight excluding hydrogens is 408 g/mol. The molecule has 10 nitrogen and oxygen atoms in total. The van der Waals surface area contributed by atoms with Crippen molar-refractivity contribution in [3.8, 4) is 29.0 Å². The van der Waals surface area contributed by atoms with Gasteiger partial charge in [0, 0.05) is 23.9 Å². The van der Waals surface area contributed by atoms with E-state index in [1.807, 2.05) is 25.1 Å². The van der Waals surface area contributed by atoms with Gasteiger partial charge in [-0.05, 0) is 32.6 Å². The zero-order valence-corrected chi connectivity index (χ0v) is 18.1. The number of hydrogen-bond donors (Lipinski definition) is 3. The van der Waals surface area contributed by atoms with Crippen LogP contribution in [-0.2, 0) is 0 Å². The summed E-state index contributed by atoms with van der Waals surface area (Å²) >= 11 is 0. The molecule has 0 aliphatic heterocycles. The number of rotatable bonds is 6. The summed E-state index contributed by atoms with van der Waals surface area (Å²) in [5.41, 5.74) is 8.66. The maximum atomic E-state index is 8.86. The van der Waals surface area contributed by atoms with Crippen molar-refractivity contribution >= 4 is 11.6 Å². The molecule has 0 unspecified atom stereocenters. The van der Waals surface area contributed by atoms with Crippen LogP contribution < -0.4 is 20.5 Å². The highest BCUT2D eigenvalue weighted by molar-refractivity contribution is 5.75. The molecule has 166 valence electrons. The fourth-order valence-electron chi connectivity index (χ4n) is 3.84. The molecule has 1 saturated carbocycles. The van der Waals surface area contributed by atoms with E-state index >= 15 is 0 Å². The van der Waals surface area contributed by atoms with Gasteiger partial charge in [-0.15, -0.1) is 0 Å². The fourth-order valence-corrected chi connectivity index (χ4v) is 3.84. The third-order valence-electron chi connectivity index (χ3n) is 5.35. The summed E-state index contributed by atoms with van der Waals surface area (Å²) in [6.45, 7) is 1.90. The van der Waals surface area contributed by atoms with Crippen LogP contribution in [0.15, 0.2) is 24.5 Å². The lowest BCUT2D eigenvalue weighted by molar-refractivity contribution is 0.178. The topological polar surface area (TPSA) is 148 Å². The molecule has 0 bridgehead atoms. The third kappa shape index (κ3) is 4.95. The Kier molecular flexibility index (Phi) is 6.47. The van der Waals surface area contributed by atoms with Gasteiger partial charge in [-0.1, -0.05) is 6.42 Å². The van der Waals surface area contributed by atoms with Crippen molar-refractivity contribution in [1.29, 1.82) is 5.26 Å². The summed E-state index contributed by atoms with van der Waals surface area (Å²) in [4.78, 5) is 12.7. The van der Waals surface area contributed by atoms with E-state index in [0.29, 0.717) is 34.5 Å². The molecule has 3 aromatic heterocycles. The minimum atomic E-state index is 0.0344. The van der Waals surface area contributed by atoms with E-state index in [9.17, 15) is 0 Å². The third-order valence-corrected chi connectivity index (χ3v) is 5.35. The summed E-state index contributed by atoms with van der Waals surface area (Å²) in [5, 5.41) is 19.3. The van der Waals surface area contributed by atoms with Gasteiger partial charge in [-0.25, -0.2) is 15.0 Å². The van der Waals surface area contributed by atoms with Gasteiger partial charge in [0.2, 0.25) is 5.88 Å². The number of aromatic amines is 1. The number of methoxy groups -OCH3 is 1. The number of nitrogens with zero attached hydrogens (tertiary/aromatic N) is 5. The number of nitrogens with one attached hydrogen (secondary N) is 2. The molecule has 0 amide bonds. The van der Waals surface area contributed by atoms with E-state index in [1.165, 1.54) is 12.4 Å². The molecule has 4 rings (SSSR count). The van der Waals surface area contributed by atoms with Crippen molar-refractivity contribution in [2.75, 3.05) is 12.4 Å². The molecule has 3 aromatic rings. The molecule has 10 heteroatoms. The lowest BCUT2D eigenvalue weighted by Gasteiger charge is -2.22. The van der Waals surface area contributed by atoms with E-state index in [2.05, 4.69) is 30.5 Å². The zero-order chi connectivity index (χ0) is 22.5. The molecule has 0 spiro atoms. The number of nitriles is 1. The van der Waals surface area contributed by atoms with Crippen molar-refractivity contribution in [1.82, 2.24) is 25.1 Å². The fraction of sp³-hybridized carbons (Fsp3) is 0.409.